The zero-order chi connectivity index (χ0) is 19.2. The lowest BCUT2D eigenvalue weighted by Gasteiger charge is -2.33. The van der Waals surface area contributed by atoms with Crippen molar-refractivity contribution in [1.82, 2.24) is 4.90 Å². The van der Waals surface area contributed by atoms with Crippen LogP contribution < -0.4 is 4.74 Å². The number of benzene rings is 2. The van der Waals surface area contributed by atoms with Gasteiger partial charge in [-0.05, 0) is 49.9 Å². The number of amides is 1. The van der Waals surface area contributed by atoms with Gasteiger partial charge in [0.05, 0.1) is 17.7 Å². The Morgan fingerprint density at radius 2 is 1.89 bits per heavy atom. The molecule has 1 amide bonds. The van der Waals surface area contributed by atoms with Crippen LogP contribution in [0.3, 0.4) is 0 Å². The van der Waals surface area contributed by atoms with Crippen molar-refractivity contribution in [3.8, 4) is 5.75 Å². The van der Waals surface area contributed by atoms with Crippen LogP contribution in [-0.4, -0.2) is 36.1 Å². The molecule has 144 valence electrons. The lowest BCUT2D eigenvalue weighted by molar-refractivity contribution is -0.140. The number of carbonyl (C=O) groups is 1. The van der Waals surface area contributed by atoms with Gasteiger partial charge in [-0.15, -0.1) is 0 Å². The highest BCUT2D eigenvalue weighted by Gasteiger charge is 2.27. The normalized spacial score (nSPS) is 16.2. The number of halogens is 1. The van der Waals surface area contributed by atoms with Crippen molar-refractivity contribution in [2.45, 2.75) is 45.5 Å². The van der Waals surface area contributed by atoms with Crippen molar-refractivity contribution in [2.24, 2.45) is 0 Å². The van der Waals surface area contributed by atoms with E-state index in [9.17, 15) is 4.79 Å². The van der Waals surface area contributed by atoms with E-state index >= 15 is 0 Å². The van der Waals surface area contributed by atoms with Crippen molar-refractivity contribution in [2.75, 3.05) is 13.1 Å². The number of aryl methyl sites for hydroxylation is 1. The quantitative estimate of drug-likeness (QED) is 0.725. The summed E-state index contributed by atoms with van der Waals surface area (Å²) in [6.45, 7) is 5.74. The molecule has 1 heterocycles. The number of nitrogens with zero attached hydrogens (tertiary/aromatic N) is 1. The van der Waals surface area contributed by atoms with Gasteiger partial charge in [-0.2, -0.15) is 0 Å². The molecular formula is C22H26ClNO3. The summed E-state index contributed by atoms with van der Waals surface area (Å²) in [6, 6.07) is 15.7. The summed E-state index contributed by atoms with van der Waals surface area (Å²) < 4.78 is 11.8. The average molecular weight is 388 g/mol. The molecule has 0 aromatic heterocycles. The molecule has 2 aromatic carbocycles. The second kappa shape index (κ2) is 9.25. The molecule has 5 heteroatoms. The molecule has 1 unspecified atom stereocenters. The Kier molecular flexibility index (Phi) is 6.75. The highest BCUT2D eigenvalue weighted by atomic mass is 35.5. The first kappa shape index (κ1) is 19.7. The van der Waals surface area contributed by atoms with Gasteiger partial charge in [0.15, 0.2) is 6.10 Å². The second-order valence-electron chi connectivity index (χ2n) is 7.02. The van der Waals surface area contributed by atoms with Crippen molar-refractivity contribution in [3.63, 3.8) is 0 Å². The Labute approximate surface area is 166 Å². The summed E-state index contributed by atoms with van der Waals surface area (Å²) in [6.07, 6.45) is 1.32. The van der Waals surface area contributed by atoms with Gasteiger partial charge in [-0.1, -0.05) is 48.0 Å². The number of rotatable bonds is 6. The van der Waals surface area contributed by atoms with Crippen LogP contribution >= 0.6 is 11.6 Å². The van der Waals surface area contributed by atoms with E-state index in [0.29, 0.717) is 30.5 Å². The van der Waals surface area contributed by atoms with Crippen LogP contribution in [0.4, 0.5) is 0 Å². The lowest BCUT2D eigenvalue weighted by atomic mass is 10.1. The average Bonchev–Trinajstić information content (AvgIpc) is 2.70. The summed E-state index contributed by atoms with van der Waals surface area (Å²) in [5, 5.41) is 0.522. The number of piperidine rings is 1. The van der Waals surface area contributed by atoms with Gasteiger partial charge in [0.1, 0.15) is 5.75 Å². The van der Waals surface area contributed by atoms with Crippen LogP contribution in [0, 0.1) is 6.92 Å². The number of carbonyl (C=O) groups excluding carboxylic acids is 1. The Morgan fingerprint density at radius 3 is 2.59 bits per heavy atom. The zero-order valence-electron chi connectivity index (χ0n) is 15.9. The molecule has 1 aliphatic rings. The summed E-state index contributed by atoms with van der Waals surface area (Å²) in [5.41, 5.74) is 2.22. The van der Waals surface area contributed by atoms with Crippen molar-refractivity contribution in [1.29, 1.82) is 0 Å². The van der Waals surface area contributed by atoms with E-state index in [0.717, 1.165) is 18.4 Å². The fourth-order valence-corrected chi connectivity index (χ4v) is 3.39. The van der Waals surface area contributed by atoms with Crippen molar-refractivity contribution < 1.29 is 14.3 Å². The van der Waals surface area contributed by atoms with Crippen molar-refractivity contribution in [3.05, 3.63) is 64.7 Å². The first-order valence-electron chi connectivity index (χ1n) is 9.40. The number of likely N-dealkylation sites (tertiary alicyclic amines) is 1. The van der Waals surface area contributed by atoms with E-state index in [2.05, 4.69) is 12.1 Å². The van der Waals surface area contributed by atoms with Crippen LogP contribution in [0.15, 0.2) is 48.5 Å². The topological polar surface area (TPSA) is 38.8 Å². The molecule has 1 saturated heterocycles. The molecule has 0 aliphatic carbocycles. The maximum absolute atomic E-state index is 12.7. The van der Waals surface area contributed by atoms with E-state index in [4.69, 9.17) is 21.1 Å². The third kappa shape index (κ3) is 5.47. The monoisotopic (exact) mass is 387 g/mol. The van der Waals surface area contributed by atoms with E-state index in [1.54, 1.807) is 13.0 Å². The highest BCUT2D eigenvalue weighted by Crippen LogP contribution is 2.27. The Balaban J connectivity index is 1.47. The first-order chi connectivity index (χ1) is 13.0. The molecule has 0 saturated carbocycles. The molecule has 27 heavy (non-hydrogen) atoms. The third-order valence-corrected chi connectivity index (χ3v) is 5.13. The minimum Gasteiger partial charge on any atom is -0.479 e. The molecule has 0 N–H and O–H groups in total. The number of ether oxygens (including phenoxy) is 2. The molecule has 4 nitrogen and oxygen atoms in total. The highest BCUT2D eigenvalue weighted by molar-refractivity contribution is 6.32. The first-order valence-corrected chi connectivity index (χ1v) is 9.78. The maximum Gasteiger partial charge on any atom is 0.263 e. The largest absolute Gasteiger partial charge is 0.479 e. The summed E-state index contributed by atoms with van der Waals surface area (Å²) in [7, 11) is 0. The van der Waals surface area contributed by atoms with Gasteiger partial charge in [0.2, 0.25) is 0 Å². The van der Waals surface area contributed by atoms with Gasteiger partial charge >= 0.3 is 0 Å². The molecule has 3 rings (SSSR count). The summed E-state index contributed by atoms with van der Waals surface area (Å²) in [5.74, 6) is 0.549. The molecule has 0 bridgehead atoms. The van der Waals surface area contributed by atoms with E-state index in [-0.39, 0.29) is 12.0 Å². The number of hydrogen-bond acceptors (Lipinski definition) is 3. The molecule has 2 aromatic rings. The predicted octanol–water partition coefficient (Wildman–Crippen LogP) is 4.62. The zero-order valence-corrected chi connectivity index (χ0v) is 16.6. The fourth-order valence-electron chi connectivity index (χ4n) is 3.23. The van der Waals surface area contributed by atoms with Gasteiger partial charge in [0.25, 0.3) is 5.91 Å². The van der Waals surface area contributed by atoms with Crippen LogP contribution in [0.1, 0.15) is 30.9 Å². The molecular weight excluding hydrogens is 362 g/mol. The second-order valence-corrected chi connectivity index (χ2v) is 7.42. The molecule has 1 atom stereocenters. The molecule has 0 spiro atoms. The van der Waals surface area contributed by atoms with Gasteiger partial charge in [0, 0.05) is 13.1 Å². The molecule has 0 radical (unpaired) electrons. The Bertz CT molecular complexity index is 757. The van der Waals surface area contributed by atoms with Crippen LogP contribution in [-0.2, 0) is 16.1 Å². The van der Waals surface area contributed by atoms with Crippen LogP contribution in [0.5, 0.6) is 5.75 Å². The van der Waals surface area contributed by atoms with E-state index in [1.165, 1.54) is 5.56 Å². The van der Waals surface area contributed by atoms with Gasteiger partial charge in [-0.3, -0.25) is 4.79 Å². The van der Waals surface area contributed by atoms with E-state index in [1.807, 2.05) is 42.2 Å². The smallest absolute Gasteiger partial charge is 0.263 e. The summed E-state index contributed by atoms with van der Waals surface area (Å²) in [4.78, 5) is 14.6. The fraction of sp³-hybridized carbons (Fsp3) is 0.409. The van der Waals surface area contributed by atoms with Crippen LogP contribution in [0.25, 0.3) is 0 Å². The third-order valence-electron chi connectivity index (χ3n) is 4.82. The predicted molar refractivity (Wildman–Crippen MR) is 107 cm³/mol. The maximum atomic E-state index is 12.7. The van der Waals surface area contributed by atoms with E-state index < -0.39 is 6.10 Å². The summed E-state index contributed by atoms with van der Waals surface area (Å²) >= 11 is 6.17. The molecule has 1 aliphatic heterocycles. The Morgan fingerprint density at radius 1 is 1.19 bits per heavy atom. The Hall–Kier alpha value is -2.04. The standard InChI is InChI=1S/C22H26ClNO3/c1-16-8-9-20(23)21(14-16)27-17(2)22(25)24-12-10-19(11-13-24)26-15-18-6-4-3-5-7-18/h3-9,14,17,19H,10-13,15H2,1-2H3. The van der Waals surface area contributed by atoms with Crippen LogP contribution in [0.2, 0.25) is 5.02 Å². The minimum atomic E-state index is -0.564. The van der Waals surface area contributed by atoms with Crippen molar-refractivity contribution >= 4 is 17.5 Å². The van der Waals surface area contributed by atoms with Gasteiger partial charge < -0.3 is 14.4 Å². The number of hydrogen-bond donors (Lipinski definition) is 0. The van der Waals surface area contributed by atoms with Gasteiger partial charge in [-0.25, -0.2) is 0 Å². The SMILES string of the molecule is Cc1ccc(Cl)c(OC(C)C(=O)N2CCC(OCc3ccccc3)CC2)c1. The molecule has 1 fully saturated rings. The minimum absolute atomic E-state index is 0.00548. The lowest BCUT2D eigenvalue weighted by Crippen LogP contribution is -2.46.